The summed E-state index contributed by atoms with van der Waals surface area (Å²) in [7, 11) is 0. The highest BCUT2D eigenvalue weighted by molar-refractivity contribution is 5.77. The van der Waals surface area contributed by atoms with Gasteiger partial charge in [0, 0.05) is 37.6 Å². The summed E-state index contributed by atoms with van der Waals surface area (Å²) < 4.78 is 12.6. The number of nitrogens with zero attached hydrogens (tertiary/aromatic N) is 5. The molecule has 3 aromatic rings. The highest BCUT2D eigenvalue weighted by Gasteiger charge is 2.28. The number of allylic oxidation sites excluding steroid dienone is 1. The summed E-state index contributed by atoms with van der Waals surface area (Å²) in [6.45, 7) is 9.40. The Bertz CT molecular complexity index is 1010. The minimum Gasteiger partial charge on any atom is -0.450 e. The topological polar surface area (TPSA) is 85.8 Å². The molecule has 28 heavy (non-hydrogen) atoms. The molecule has 0 bridgehead atoms. The maximum atomic E-state index is 11.8. The lowest BCUT2D eigenvalue weighted by Crippen LogP contribution is -2.38. The lowest BCUT2D eigenvalue weighted by Gasteiger charge is -2.29. The lowest BCUT2D eigenvalue weighted by molar-refractivity contribution is 0.0965. The Morgan fingerprint density at radius 3 is 2.89 bits per heavy atom. The fourth-order valence-electron chi connectivity index (χ4n) is 3.54. The number of carbonyl (C=O) groups excluding carboxylic acids is 1. The molecule has 8 heteroatoms. The van der Waals surface area contributed by atoms with Gasteiger partial charge in [0.25, 0.3) is 5.89 Å². The lowest BCUT2D eigenvalue weighted by atomic mass is 9.96. The highest BCUT2D eigenvalue weighted by atomic mass is 16.6. The number of rotatable bonds is 4. The summed E-state index contributed by atoms with van der Waals surface area (Å²) in [6.07, 6.45) is 6.91. The van der Waals surface area contributed by atoms with E-state index in [1.54, 1.807) is 11.1 Å². The molecule has 8 nitrogen and oxygen atoms in total. The van der Waals surface area contributed by atoms with Crippen LogP contribution in [0.1, 0.15) is 44.1 Å². The molecular formula is C20H23N5O3. The third kappa shape index (κ3) is 3.37. The van der Waals surface area contributed by atoms with Gasteiger partial charge in [0.15, 0.2) is 5.82 Å². The normalized spacial score (nSPS) is 15.1. The summed E-state index contributed by atoms with van der Waals surface area (Å²) >= 11 is 0. The number of carbonyl (C=O) groups is 1. The van der Waals surface area contributed by atoms with Crippen molar-refractivity contribution in [1.29, 1.82) is 0 Å². The van der Waals surface area contributed by atoms with E-state index in [1.165, 1.54) is 0 Å². The van der Waals surface area contributed by atoms with E-state index in [1.807, 2.05) is 36.7 Å². The smallest absolute Gasteiger partial charge is 0.409 e. The van der Waals surface area contributed by atoms with Crippen molar-refractivity contribution in [2.24, 2.45) is 0 Å². The van der Waals surface area contributed by atoms with Crippen LogP contribution >= 0.6 is 0 Å². The van der Waals surface area contributed by atoms with Crippen LogP contribution in [0.2, 0.25) is 0 Å². The number of ether oxygens (including phenoxy) is 1. The van der Waals surface area contributed by atoms with E-state index in [2.05, 4.69) is 21.7 Å². The minimum absolute atomic E-state index is 0.174. The number of piperidine rings is 1. The number of hydrogen-bond donors (Lipinski definition) is 0. The molecule has 4 rings (SSSR count). The van der Waals surface area contributed by atoms with Crippen molar-refractivity contribution < 1.29 is 14.1 Å². The summed E-state index contributed by atoms with van der Waals surface area (Å²) in [6, 6.07) is 1.98. The first-order valence-electron chi connectivity index (χ1n) is 9.45. The molecule has 0 N–H and O–H groups in total. The molecule has 1 amide bonds. The zero-order valence-electron chi connectivity index (χ0n) is 16.1. The van der Waals surface area contributed by atoms with E-state index in [0.29, 0.717) is 31.4 Å². The second-order valence-corrected chi connectivity index (χ2v) is 7.00. The van der Waals surface area contributed by atoms with E-state index in [0.717, 1.165) is 35.2 Å². The second-order valence-electron chi connectivity index (χ2n) is 7.00. The molecule has 146 valence electrons. The molecule has 1 aliphatic heterocycles. The van der Waals surface area contributed by atoms with Gasteiger partial charge in [-0.3, -0.25) is 4.98 Å². The number of hydrogen-bond acceptors (Lipinski definition) is 6. The molecule has 1 saturated heterocycles. The van der Waals surface area contributed by atoms with Crippen LogP contribution in [0.15, 0.2) is 35.8 Å². The maximum Gasteiger partial charge on any atom is 0.409 e. The molecule has 0 aromatic carbocycles. The van der Waals surface area contributed by atoms with Gasteiger partial charge in [-0.15, -0.1) is 0 Å². The van der Waals surface area contributed by atoms with E-state index in [-0.39, 0.29) is 12.0 Å². The highest BCUT2D eigenvalue weighted by Crippen LogP contribution is 2.30. The Balaban J connectivity index is 1.51. The van der Waals surface area contributed by atoms with Crippen LogP contribution in [0.4, 0.5) is 4.79 Å². The van der Waals surface area contributed by atoms with E-state index < -0.39 is 0 Å². The molecule has 1 fully saturated rings. The number of fused-ring (bicyclic) bond motifs is 1. The Labute approximate surface area is 162 Å². The average molecular weight is 381 g/mol. The van der Waals surface area contributed by atoms with Gasteiger partial charge in [-0.25, -0.2) is 4.79 Å². The van der Waals surface area contributed by atoms with E-state index in [9.17, 15) is 4.79 Å². The van der Waals surface area contributed by atoms with Gasteiger partial charge in [0.1, 0.15) is 0 Å². The molecule has 0 saturated carbocycles. The third-order valence-corrected chi connectivity index (χ3v) is 5.00. The first kappa shape index (κ1) is 18.2. The molecule has 4 heterocycles. The Hall–Kier alpha value is -3.16. The number of amides is 1. The summed E-state index contributed by atoms with van der Waals surface area (Å²) in [5, 5.41) is 4.19. The summed E-state index contributed by atoms with van der Waals surface area (Å²) in [5.74, 6) is 1.35. The van der Waals surface area contributed by atoms with Crippen LogP contribution in [-0.2, 0) is 4.74 Å². The Kier molecular flexibility index (Phi) is 4.85. The average Bonchev–Trinajstić information content (AvgIpc) is 3.35. The summed E-state index contributed by atoms with van der Waals surface area (Å²) in [5.41, 5.74) is 3.54. The van der Waals surface area contributed by atoms with Gasteiger partial charge in [-0.2, -0.15) is 4.98 Å². The standard InChI is InChI=1S/C20H23N5O3/c1-4-27-20(26)24-8-5-14(6-9-24)18-22-19(28-23-18)15-11-16-17(13(2)3)21-7-10-25(16)12-15/h7,10-12,14H,2,4-6,8-9H2,1,3H3. The monoisotopic (exact) mass is 381 g/mol. The molecule has 3 aromatic heterocycles. The van der Waals surface area contributed by atoms with E-state index in [4.69, 9.17) is 9.26 Å². The van der Waals surface area contributed by atoms with Gasteiger partial charge in [0.05, 0.1) is 23.4 Å². The van der Waals surface area contributed by atoms with Gasteiger partial charge in [0.2, 0.25) is 0 Å². The zero-order chi connectivity index (χ0) is 19.7. The van der Waals surface area contributed by atoms with Crippen molar-refractivity contribution in [3.63, 3.8) is 0 Å². The quantitative estimate of drug-likeness (QED) is 0.684. The van der Waals surface area contributed by atoms with Crippen molar-refractivity contribution in [3.05, 3.63) is 42.8 Å². The van der Waals surface area contributed by atoms with Crippen LogP contribution in [0.5, 0.6) is 0 Å². The van der Waals surface area contributed by atoms with Gasteiger partial charge >= 0.3 is 6.09 Å². The molecule has 1 aliphatic rings. The van der Waals surface area contributed by atoms with Crippen molar-refractivity contribution >= 4 is 17.2 Å². The van der Waals surface area contributed by atoms with Crippen LogP contribution in [0.3, 0.4) is 0 Å². The summed E-state index contributed by atoms with van der Waals surface area (Å²) in [4.78, 5) is 22.6. The first-order valence-corrected chi connectivity index (χ1v) is 9.45. The first-order chi connectivity index (χ1) is 13.6. The van der Waals surface area contributed by atoms with Gasteiger partial charge < -0.3 is 18.6 Å². The fraction of sp³-hybridized carbons (Fsp3) is 0.400. The molecule has 0 unspecified atom stereocenters. The third-order valence-electron chi connectivity index (χ3n) is 5.00. The van der Waals surface area contributed by atoms with Crippen molar-refractivity contribution in [2.45, 2.75) is 32.6 Å². The molecule has 0 spiro atoms. The Morgan fingerprint density at radius 1 is 1.39 bits per heavy atom. The predicted octanol–water partition coefficient (Wildman–Crippen LogP) is 3.75. The van der Waals surface area contributed by atoms with E-state index >= 15 is 0 Å². The second kappa shape index (κ2) is 7.46. The SMILES string of the molecule is C=C(C)c1nccn2cc(-c3nc(C4CCN(C(=O)OCC)CC4)no3)cc12. The van der Waals surface area contributed by atoms with Crippen LogP contribution < -0.4 is 0 Å². The molecule has 0 radical (unpaired) electrons. The molecule has 0 aliphatic carbocycles. The number of aromatic nitrogens is 4. The van der Waals surface area contributed by atoms with Crippen LogP contribution in [0.25, 0.3) is 22.5 Å². The maximum absolute atomic E-state index is 11.8. The van der Waals surface area contributed by atoms with Crippen molar-refractivity contribution in [2.75, 3.05) is 19.7 Å². The Morgan fingerprint density at radius 2 is 2.18 bits per heavy atom. The fourth-order valence-corrected chi connectivity index (χ4v) is 3.54. The van der Waals surface area contributed by atoms with Crippen LogP contribution in [0, 0.1) is 0 Å². The van der Waals surface area contributed by atoms with Crippen LogP contribution in [-0.4, -0.2) is 50.2 Å². The van der Waals surface area contributed by atoms with Gasteiger partial charge in [-0.1, -0.05) is 11.7 Å². The largest absolute Gasteiger partial charge is 0.450 e. The zero-order valence-corrected chi connectivity index (χ0v) is 16.1. The molecular weight excluding hydrogens is 358 g/mol. The minimum atomic E-state index is -0.253. The van der Waals surface area contributed by atoms with Gasteiger partial charge in [-0.05, 0) is 38.3 Å². The predicted molar refractivity (Wildman–Crippen MR) is 104 cm³/mol. The van der Waals surface area contributed by atoms with Crippen molar-refractivity contribution in [3.8, 4) is 11.5 Å². The number of likely N-dealkylation sites (tertiary alicyclic amines) is 1. The van der Waals surface area contributed by atoms with Crippen molar-refractivity contribution in [1.82, 2.24) is 24.4 Å². The molecule has 0 atom stereocenters.